The summed E-state index contributed by atoms with van der Waals surface area (Å²) in [5.41, 5.74) is 3.24. The number of aryl methyl sites for hydroxylation is 1. The van der Waals surface area contributed by atoms with E-state index >= 15 is 0 Å². The molecule has 0 atom stereocenters. The van der Waals surface area contributed by atoms with E-state index in [9.17, 15) is 0 Å². The van der Waals surface area contributed by atoms with Crippen molar-refractivity contribution in [2.45, 2.75) is 20.0 Å². The summed E-state index contributed by atoms with van der Waals surface area (Å²) in [4.78, 5) is 4.39. The smallest absolute Gasteiger partial charge is 0.122 e. The van der Waals surface area contributed by atoms with E-state index in [0.29, 0.717) is 6.54 Å². The zero-order chi connectivity index (χ0) is 12.4. The minimum Gasteiger partial charge on any atom is -0.467 e. The Morgan fingerprint density at radius 1 is 1.33 bits per heavy atom. The quantitative estimate of drug-likeness (QED) is 0.762. The van der Waals surface area contributed by atoms with Gasteiger partial charge in [0, 0.05) is 12.2 Å². The number of fused-ring (bicyclic) bond motifs is 1. The van der Waals surface area contributed by atoms with E-state index in [4.69, 9.17) is 4.42 Å². The molecule has 0 amide bonds. The van der Waals surface area contributed by atoms with Crippen LogP contribution in [0, 0.1) is 0 Å². The van der Waals surface area contributed by atoms with Gasteiger partial charge in [0.1, 0.15) is 5.76 Å². The van der Waals surface area contributed by atoms with Gasteiger partial charge in [-0.1, -0.05) is 0 Å². The summed E-state index contributed by atoms with van der Waals surface area (Å²) in [7, 11) is 0. The van der Waals surface area contributed by atoms with Crippen molar-refractivity contribution in [2.75, 3.05) is 5.32 Å². The lowest BCUT2D eigenvalue weighted by Gasteiger charge is -2.05. The molecule has 0 saturated heterocycles. The Hall–Kier alpha value is -2.23. The molecule has 0 spiro atoms. The van der Waals surface area contributed by atoms with Gasteiger partial charge in [0.15, 0.2) is 0 Å². The monoisotopic (exact) mass is 241 g/mol. The fourth-order valence-electron chi connectivity index (χ4n) is 2.03. The van der Waals surface area contributed by atoms with Gasteiger partial charge in [0.2, 0.25) is 0 Å². The standard InChI is InChI=1S/C14H15N3O/c1-2-17-10-16-13-8-11(5-6-14(13)17)15-9-12-4-3-7-18-12/h3-8,10,15H,2,9H2,1H3. The lowest BCUT2D eigenvalue weighted by atomic mass is 10.2. The number of anilines is 1. The van der Waals surface area contributed by atoms with E-state index in [2.05, 4.69) is 40.0 Å². The molecule has 0 unspecified atom stereocenters. The summed E-state index contributed by atoms with van der Waals surface area (Å²) in [6.45, 7) is 3.74. The van der Waals surface area contributed by atoms with Crippen LogP contribution in [0.5, 0.6) is 0 Å². The van der Waals surface area contributed by atoms with Crippen molar-refractivity contribution < 1.29 is 4.42 Å². The Bertz CT molecular complexity index is 640. The van der Waals surface area contributed by atoms with Gasteiger partial charge in [-0.05, 0) is 37.3 Å². The highest BCUT2D eigenvalue weighted by molar-refractivity contribution is 5.79. The molecule has 92 valence electrons. The summed E-state index contributed by atoms with van der Waals surface area (Å²) >= 11 is 0. The number of hydrogen-bond donors (Lipinski definition) is 1. The van der Waals surface area contributed by atoms with Crippen molar-refractivity contribution in [3.05, 3.63) is 48.7 Å². The Morgan fingerprint density at radius 2 is 2.28 bits per heavy atom. The molecule has 0 aliphatic heterocycles. The van der Waals surface area contributed by atoms with Crippen molar-refractivity contribution in [2.24, 2.45) is 0 Å². The Kier molecular flexibility index (Phi) is 2.76. The van der Waals surface area contributed by atoms with Gasteiger partial charge >= 0.3 is 0 Å². The predicted molar refractivity (Wildman–Crippen MR) is 71.4 cm³/mol. The van der Waals surface area contributed by atoms with Crippen LogP contribution in [0.2, 0.25) is 0 Å². The van der Waals surface area contributed by atoms with Gasteiger partial charge in [0.05, 0.1) is 30.2 Å². The number of hydrogen-bond acceptors (Lipinski definition) is 3. The summed E-state index contributed by atoms with van der Waals surface area (Å²) < 4.78 is 7.41. The van der Waals surface area contributed by atoms with E-state index in [1.165, 1.54) is 5.52 Å². The molecule has 2 aromatic heterocycles. The third-order valence-corrected chi connectivity index (χ3v) is 3.01. The van der Waals surface area contributed by atoms with Crippen LogP contribution in [0.4, 0.5) is 5.69 Å². The predicted octanol–water partition coefficient (Wildman–Crippen LogP) is 3.26. The van der Waals surface area contributed by atoms with Crippen LogP contribution in [0.15, 0.2) is 47.3 Å². The highest BCUT2D eigenvalue weighted by atomic mass is 16.3. The SMILES string of the molecule is CCn1cnc2cc(NCc3ccco3)ccc21. The van der Waals surface area contributed by atoms with Crippen LogP contribution in [-0.2, 0) is 13.1 Å². The molecule has 1 N–H and O–H groups in total. The van der Waals surface area contributed by atoms with Crippen LogP contribution < -0.4 is 5.32 Å². The average molecular weight is 241 g/mol. The van der Waals surface area contributed by atoms with E-state index < -0.39 is 0 Å². The first kappa shape index (κ1) is 10.9. The first-order chi connectivity index (χ1) is 8.86. The number of furan rings is 1. The molecule has 18 heavy (non-hydrogen) atoms. The van der Waals surface area contributed by atoms with Crippen LogP contribution in [0.3, 0.4) is 0 Å². The van der Waals surface area contributed by atoms with Crippen molar-refractivity contribution in [1.29, 1.82) is 0 Å². The van der Waals surface area contributed by atoms with Crippen LogP contribution in [0.25, 0.3) is 11.0 Å². The second-order valence-corrected chi connectivity index (χ2v) is 4.17. The third-order valence-electron chi connectivity index (χ3n) is 3.01. The maximum atomic E-state index is 5.28. The van der Waals surface area contributed by atoms with Crippen molar-refractivity contribution in [3.8, 4) is 0 Å². The molecular weight excluding hydrogens is 226 g/mol. The third kappa shape index (κ3) is 1.97. The molecular formula is C14H15N3O. The largest absolute Gasteiger partial charge is 0.467 e. The van der Waals surface area contributed by atoms with Crippen molar-refractivity contribution >= 4 is 16.7 Å². The molecule has 2 heterocycles. The number of imidazole rings is 1. The molecule has 3 rings (SSSR count). The topological polar surface area (TPSA) is 43.0 Å². The fourth-order valence-corrected chi connectivity index (χ4v) is 2.03. The number of benzene rings is 1. The second kappa shape index (κ2) is 4.56. The van der Waals surface area contributed by atoms with E-state index in [-0.39, 0.29) is 0 Å². The maximum Gasteiger partial charge on any atom is 0.122 e. The van der Waals surface area contributed by atoms with Crippen LogP contribution in [-0.4, -0.2) is 9.55 Å². The molecule has 4 nitrogen and oxygen atoms in total. The first-order valence-electron chi connectivity index (χ1n) is 6.08. The van der Waals surface area contributed by atoms with Crippen LogP contribution >= 0.6 is 0 Å². The Morgan fingerprint density at radius 3 is 3.06 bits per heavy atom. The summed E-state index contributed by atoms with van der Waals surface area (Å²) in [6.07, 6.45) is 3.56. The molecule has 0 saturated carbocycles. The van der Waals surface area contributed by atoms with Gasteiger partial charge in [-0.2, -0.15) is 0 Å². The normalized spacial score (nSPS) is 10.9. The summed E-state index contributed by atoms with van der Waals surface area (Å²) in [6, 6.07) is 10.1. The molecule has 0 radical (unpaired) electrons. The highest BCUT2D eigenvalue weighted by Gasteiger charge is 2.02. The minimum absolute atomic E-state index is 0.687. The zero-order valence-electron chi connectivity index (χ0n) is 10.3. The number of aromatic nitrogens is 2. The highest BCUT2D eigenvalue weighted by Crippen LogP contribution is 2.18. The maximum absolute atomic E-state index is 5.28. The van der Waals surface area contributed by atoms with Gasteiger partial charge in [-0.3, -0.25) is 0 Å². The van der Waals surface area contributed by atoms with Gasteiger partial charge < -0.3 is 14.3 Å². The van der Waals surface area contributed by atoms with Gasteiger partial charge in [0.25, 0.3) is 0 Å². The fraction of sp³-hybridized carbons (Fsp3) is 0.214. The molecule has 4 heteroatoms. The Labute approximate surface area is 105 Å². The number of nitrogens with one attached hydrogen (secondary N) is 1. The van der Waals surface area contributed by atoms with Crippen LogP contribution in [0.1, 0.15) is 12.7 Å². The molecule has 0 aliphatic carbocycles. The van der Waals surface area contributed by atoms with Gasteiger partial charge in [-0.15, -0.1) is 0 Å². The van der Waals surface area contributed by atoms with Gasteiger partial charge in [-0.25, -0.2) is 4.98 Å². The van der Waals surface area contributed by atoms with E-state index in [0.717, 1.165) is 23.5 Å². The average Bonchev–Trinajstić information content (AvgIpc) is 3.05. The second-order valence-electron chi connectivity index (χ2n) is 4.17. The lowest BCUT2D eigenvalue weighted by molar-refractivity contribution is 0.518. The number of nitrogens with zero attached hydrogens (tertiary/aromatic N) is 2. The molecule has 0 aliphatic rings. The first-order valence-corrected chi connectivity index (χ1v) is 6.08. The molecule has 0 fully saturated rings. The van der Waals surface area contributed by atoms with E-state index in [1.54, 1.807) is 6.26 Å². The van der Waals surface area contributed by atoms with E-state index in [1.807, 2.05) is 18.5 Å². The van der Waals surface area contributed by atoms with Crippen molar-refractivity contribution in [1.82, 2.24) is 9.55 Å². The van der Waals surface area contributed by atoms with Crippen molar-refractivity contribution in [3.63, 3.8) is 0 Å². The molecule has 3 aromatic rings. The lowest BCUT2D eigenvalue weighted by Crippen LogP contribution is -1.98. The molecule has 0 bridgehead atoms. The Balaban J connectivity index is 1.81. The summed E-state index contributed by atoms with van der Waals surface area (Å²) in [5.74, 6) is 0.925. The molecule has 1 aromatic carbocycles. The number of rotatable bonds is 4. The zero-order valence-corrected chi connectivity index (χ0v) is 10.3. The summed E-state index contributed by atoms with van der Waals surface area (Å²) in [5, 5.41) is 3.32. The minimum atomic E-state index is 0.687.